The third-order valence-corrected chi connectivity index (χ3v) is 3.26. The smallest absolute Gasteiger partial charge is 0.0462 e. The Hall–Kier alpha value is -1.38. The predicted octanol–water partition coefficient (Wildman–Crippen LogP) is 2.41. The number of aliphatic hydroxyl groups is 1. The van der Waals surface area contributed by atoms with E-state index in [1.165, 1.54) is 10.8 Å². The van der Waals surface area contributed by atoms with Crippen LogP contribution in [0.5, 0.6) is 0 Å². The number of nitrogens with two attached hydrogens (primary N) is 1. The molecule has 2 nitrogen and oxygen atoms in total. The van der Waals surface area contributed by atoms with Crippen LogP contribution >= 0.6 is 0 Å². The zero-order chi connectivity index (χ0) is 12.1. The summed E-state index contributed by atoms with van der Waals surface area (Å²) >= 11 is 0. The molecule has 3 rings (SSSR count). The number of rotatable bonds is 2. The van der Waals surface area contributed by atoms with Gasteiger partial charge in [0.05, 0.1) is 0 Å². The zero-order valence-electron chi connectivity index (χ0n) is 9.92. The van der Waals surface area contributed by atoms with E-state index in [0.717, 1.165) is 13.0 Å². The van der Waals surface area contributed by atoms with Gasteiger partial charge in [-0.1, -0.05) is 48.5 Å². The molecule has 0 spiro atoms. The molecule has 17 heavy (non-hydrogen) atoms. The third kappa shape index (κ3) is 3.29. The molecular formula is C15H19NO. The molecule has 0 aromatic heterocycles. The number of aliphatic hydroxyl groups excluding tert-OH is 1. The second-order valence-electron chi connectivity index (χ2n) is 4.52. The van der Waals surface area contributed by atoms with Crippen LogP contribution in [0.2, 0.25) is 0 Å². The lowest BCUT2D eigenvalue weighted by atomic mass is 10.1. The monoisotopic (exact) mass is 229 g/mol. The molecule has 90 valence electrons. The Kier molecular flexibility index (Phi) is 4.13. The summed E-state index contributed by atoms with van der Waals surface area (Å²) in [6, 6.07) is 16.7. The molecule has 0 bridgehead atoms. The van der Waals surface area contributed by atoms with Gasteiger partial charge in [0.25, 0.3) is 0 Å². The molecule has 0 amide bonds. The summed E-state index contributed by atoms with van der Waals surface area (Å²) < 4.78 is 0. The minimum atomic E-state index is 0.335. The molecular weight excluding hydrogens is 210 g/mol. The molecule has 1 aliphatic carbocycles. The molecule has 1 fully saturated rings. The molecule has 0 radical (unpaired) electrons. The van der Waals surface area contributed by atoms with Crippen molar-refractivity contribution in [1.82, 2.24) is 0 Å². The van der Waals surface area contributed by atoms with Crippen molar-refractivity contribution in [1.29, 1.82) is 0 Å². The van der Waals surface area contributed by atoms with Crippen LogP contribution in [0.1, 0.15) is 6.42 Å². The zero-order valence-corrected chi connectivity index (χ0v) is 9.92. The molecule has 2 heteroatoms. The molecule has 2 atom stereocenters. The summed E-state index contributed by atoms with van der Waals surface area (Å²) in [4.78, 5) is 0. The van der Waals surface area contributed by atoms with Gasteiger partial charge < -0.3 is 10.8 Å². The first-order valence-corrected chi connectivity index (χ1v) is 6.10. The SMILES string of the molecule is NCC1C[C@@H]1CO.c1ccc2ccccc2c1. The highest BCUT2D eigenvalue weighted by Gasteiger charge is 2.34. The fraction of sp³-hybridized carbons (Fsp3) is 0.333. The summed E-state index contributed by atoms with van der Waals surface area (Å²) in [5.41, 5.74) is 5.29. The quantitative estimate of drug-likeness (QED) is 0.830. The van der Waals surface area contributed by atoms with Gasteiger partial charge in [0, 0.05) is 6.61 Å². The molecule has 1 unspecified atom stereocenters. The second kappa shape index (κ2) is 5.80. The maximum absolute atomic E-state index is 8.45. The maximum atomic E-state index is 8.45. The Bertz CT molecular complexity index is 396. The Morgan fingerprint density at radius 1 is 0.941 bits per heavy atom. The summed E-state index contributed by atoms with van der Waals surface area (Å²) in [6.45, 7) is 1.09. The average Bonchev–Trinajstić information content (AvgIpc) is 3.18. The maximum Gasteiger partial charge on any atom is 0.0462 e. The summed E-state index contributed by atoms with van der Waals surface area (Å²) in [5.74, 6) is 1.19. The lowest BCUT2D eigenvalue weighted by molar-refractivity contribution is 0.269. The molecule has 0 aliphatic heterocycles. The lowest BCUT2D eigenvalue weighted by Gasteiger charge is -1.92. The Labute approximate surface area is 102 Å². The average molecular weight is 229 g/mol. The standard InChI is InChI=1S/C10H8.C5H11NO/c1-2-6-10-8-4-3-7-9(10)5-1;6-2-4-1-5(4)3-7/h1-8H;4-5,7H,1-3,6H2/t;4?,5-/m.1/s1. The fourth-order valence-corrected chi connectivity index (χ4v) is 1.96. The van der Waals surface area contributed by atoms with Crippen LogP contribution in [-0.4, -0.2) is 18.3 Å². The number of hydrogen-bond donors (Lipinski definition) is 2. The predicted molar refractivity (Wildman–Crippen MR) is 71.7 cm³/mol. The molecule has 2 aromatic rings. The molecule has 0 saturated heterocycles. The third-order valence-electron chi connectivity index (χ3n) is 3.26. The van der Waals surface area contributed by atoms with E-state index in [-0.39, 0.29) is 0 Å². The van der Waals surface area contributed by atoms with E-state index in [2.05, 4.69) is 48.5 Å². The van der Waals surface area contributed by atoms with Crippen molar-refractivity contribution < 1.29 is 5.11 Å². The molecule has 0 heterocycles. The fourth-order valence-electron chi connectivity index (χ4n) is 1.96. The van der Waals surface area contributed by atoms with Gasteiger partial charge in [-0.15, -0.1) is 0 Å². The van der Waals surface area contributed by atoms with Crippen molar-refractivity contribution in [3.8, 4) is 0 Å². The van der Waals surface area contributed by atoms with E-state index < -0.39 is 0 Å². The van der Waals surface area contributed by atoms with E-state index in [4.69, 9.17) is 10.8 Å². The van der Waals surface area contributed by atoms with Gasteiger partial charge >= 0.3 is 0 Å². The number of benzene rings is 2. The lowest BCUT2D eigenvalue weighted by Crippen LogP contribution is -2.03. The normalized spacial score (nSPS) is 21.8. The first-order valence-electron chi connectivity index (χ1n) is 6.10. The van der Waals surface area contributed by atoms with Crippen molar-refractivity contribution in [3.63, 3.8) is 0 Å². The van der Waals surface area contributed by atoms with Crippen LogP contribution in [0.3, 0.4) is 0 Å². The van der Waals surface area contributed by atoms with Gasteiger partial charge in [-0.05, 0) is 35.6 Å². The van der Waals surface area contributed by atoms with Crippen molar-refractivity contribution in [2.24, 2.45) is 17.6 Å². The molecule has 2 aromatic carbocycles. The van der Waals surface area contributed by atoms with Crippen LogP contribution < -0.4 is 5.73 Å². The van der Waals surface area contributed by atoms with Crippen LogP contribution in [0.15, 0.2) is 48.5 Å². The summed E-state index contributed by atoms with van der Waals surface area (Å²) in [7, 11) is 0. The minimum Gasteiger partial charge on any atom is -0.396 e. The van der Waals surface area contributed by atoms with E-state index in [1.54, 1.807) is 0 Å². The summed E-state index contributed by atoms with van der Waals surface area (Å²) in [5, 5.41) is 11.1. The Morgan fingerprint density at radius 3 is 1.65 bits per heavy atom. The Balaban J connectivity index is 0.000000136. The van der Waals surface area contributed by atoms with E-state index in [0.29, 0.717) is 18.4 Å². The topological polar surface area (TPSA) is 46.2 Å². The van der Waals surface area contributed by atoms with Crippen molar-refractivity contribution >= 4 is 10.8 Å². The van der Waals surface area contributed by atoms with E-state index in [9.17, 15) is 0 Å². The van der Waals surface area contributed by atoms with Gasteiger partial charge in [0.1, 0.15) is 0 Å². The summed E-state index contributed by atoms with van der Waals surface area (Å²) in [6.07, 6.45) is 1.15. The van der Waals surface area contributed by atoms with Crippen molar-refractivity contribution in [2.45, 2.75) is 6.42 Å². The van der Waals surface area contributed by atoms with E-state index in [1.807, 2.05) is 0 Å². The minimum absolute atomic E-state index is 0.335. The Morgan fingerprint density at radius 2 is 1.41 bits per heavy atom. The first-order chi connectivity index (χ1) is 8.35. The number of fused-ring (bicyclic) bond motifs is 1. The first kappa shape index (κ1) is 12.1. The van der Waals surface area contributed by atoms with Gasteiger partial charge in [0.15, 0.2) is 0 Å². The van der Waals surface area contributed by atoms with Gasteiger partial charge in [-0.3, -0.25) is 0 Å². The van der Waals surface area contributed by atoms with E-state index >= 15 is 0 Å². The van der Waals surface area contributed by atoms with Crippen LogP contribution in [0, 0.1) is 11.8 Å². The largest absolute Gasteiger partial charge is 0.396 e. The van der Waals surface area contributed by atoms with Crippen molar-refractivity contribution in [3.05, 3.63) is 48.5 Å². The highest BCUT2D eigenvalue weighted by molar-refractivity contribution is 5.81. The second-order valence-corrected chi connectivity index (χ2v) is 4.52. The van der Waals surface area contributed by atoms with Crippen LogP contribution in [0.25, 0.3) is 10.8 Å². The molecule has 1 aliphatic rings. The van der Waals surface area contributed by atoms with Crippen LogP contribution in [-0.2, 0) is 0 Å². The van der Waals surface area contributed by atoms with Gasteiger partial charge in [0.2, 0.25) is 0 Å². The highest BCUT2D eigenvalue weighted by atomic mass is 16.3. The van der Waals surface area contributed by atoms with Crippen molar-refractivity contribution in [2.75, 3.05) is 13.2 Å². The van der Waals surface area contributed by atoms with Gasteiger partial charge in [-0.25, -0.2) is 0 Å². The molecule has 3 N–H and O–H groups in total. The van der Waals surface area contributed by atoms with Gasteiger partial charge in [-0.2, -0.15) is 0 Å². The van der Waals surface area contributed by atoms with Crippen LogP contribution in [0.4, 0.5) is 0 Å². The highest BCUT2D eigenvalue weighted by Crippen LogP contribution is 2.36. The number of hydrogen-bond acceptors (Lipinski definition) is 2. The molecule has 1 saturated carbocycles.